The van der Waals surface area contributed by atoms with Crippen LogP contribution in [0.4, 0.5) is 4.39 Å². The van der Waals surface area contributed by atoms with Crippen molar-refractivity contribution >= 4 is 11.9 Å². The number of esters is 2. The van der Waals surface area contributed by atoms with Gasteiger partial charge in [-0.25, -0.2) is 9.18 Å². The van der Waals surface area contributed by atoms with Crippen molar-refractivity contribution in [3.8, 4) is 0 Å². The van der Waals surface area contributed by atoms with Gasteiger partial charge in [-0.15, -0.1) is 0 Å². The molecule has 1 unspecified atom stereocenters. The number of hydrogen-bond donors (Lipinski definition) is 0. The second kappa shape index (κ2) is 9.89. The summed E-state index contributed by atoms with van der Waals surface area (Å²) in [6.45, 7) is 4.18. The molecule has 5 nitrogen and oxygen atoms in total. The Morgan fingerprint density at radius 3 is 2.32 bits per heavy atom. The molecule has 0 amide bonds. The van der Waals surface area contributed by atoms with E-state index < -0.39 is 17.9 Å². The monoisotopic (exact) mass is 312 g/mol. The second-order valence-corrected chi connectivity index (χ2v) is 4.46. The molecule has 0 saturated heterocycles. The van der Waals surface area contributed by atoms with E-state index in [2.05, 4.69) is 0 Å². The first-order chi connectivity index (χ1) is 10.6. The molecule has 22 heavy (non-hydrogen) atoms. The van der Waals surface area contributed by atoms with Gasteiger partial charge in [0.2, 0.25) is 0 Å². The maximum atomic E-state index is 13.0. The molecule has 6 heteroatoms. The highest BCUT2D eigenvalue weighted by molar-refractivity contribution is 5.76. The molecule has 0 spiro atoms. The highest BCUT2D eigenvalue weighted by Gasteiger charge is 2.22. The van der Waals surface area contributed by atoms with Gasteiger partial charge in [-0.3, -0.25) is 4.79 Å². The smallest absolute Gasteiger partial charge is 0.339 e. The van der Waals surface area contributed by atoms with E-state index in [1.165, 1.54) is 24.3 Å². The summed E-state index contributed by atoms with van der Waals surface area (Å²) in [5, 5.41) is 0. The molecule has 0 aromatic heterocycles. The van der Waals surface area contributed by atoms with E-state index in [1.807, 2.05) is 0 Å². The van der Waals surface area contributed by atoms with Gasteiger partial charge in [-0.05, 0) is 38.0 Å². The van der Waals surface area contributed by atoms with Crippen LogP contribution in [0.25, 0.3) is 0 Å². The van der Waals surface area contributed by atoms with Crippen LogP contribution in [0.2, 0.25) is 0 Å². The summed E-state index contributed by atoms with van der Waals surface area (Å²) >= 11 is 0. The number of ether oxygens (including phenoxy) is 3. The minimum absolute atomic E-state index is 0.194. The first kappa shape index (κ1) is 18.1. The molecular formula is C16H21FO5. The third-order valence-corrected chi connectivity index (χ3v) is 2.79. The summed E-state index contributed by atoms with van der Waals surface area (Å²) in [4.78, 5) is 23.1. The SMILES string of the molecule is CCOC(=O)CCCOC(C(=O)OCC)c1ccc(F)cc1. The van der Waals surface area contributed by atoms with Crippen molar-refractivity contribution in [3.05, 3.63) is 35.6 Å². The van der Waals surface area contributed by atoms with Crippen LogP contribution in [0.1, 0.15) is 38.4 Å². The van der Waals surface area contributed by atoms with Crippen LogP contribution < -0.4 is 0 Å². The molecule has 1 rings (SSSR count). The molecular weight excluding hydrogens is 291 g/mol. The van der Waals surface area contributed by atoms with E-state index in [1.54, 1.807) is 13.8 Å². The van der Waals surface area contributed by atoms with Crippen molar-refractivity contribution in [1.82, 2.24) is 0 Å². The number of rotatable bonds is 9. The molecule has 1 aromatic carbocycles. The quantitative estimate of drug-likeness (QED) is 0.518. The van der Waals surface area contributed by atoms with Crippen LogP contribution in [0.3, 0.4) is 0 Å². The summed E-state index contributed by atoms with van der Waals surface area (Å²) in [5.74, 6) is -1.24. The lowest BCUT2D eigenvalue weighted by molar-refractivity contribution is -0.157. The molecule has 1 aromatic rings. The zero-order valence-electron chi connectivity index (χ0n) is 12.8. The van der Waals surface area contributed by atoms with E-state index in [-0.39, 0.29) is 25.6 Å². The van der Waals surface area contributed by atoms with Crippen molar-refractivity contribution < 1.29 is 28.2 Å². The lowest BCUT2D eigenvalue weighted by Gasteiger charge is -2.16. The Kier molecular flexibility index (Phi) is 8.14. The normalized spacial score (nSPS) is 11.8. The fourth-order valence-electron chi connectivity index (χ4n) is 1.81. The van der Waals surface area contributed by atoms with Crippen LogP contribution in [-0.2, 0) is 23.8 Å². The van der Waals surface area contributed by atoms with E-state index in [4.69, 9.17) is 14.2 Å². The lowest BCUT2D eigenvalue weighted by atomic mass is 10.1. The van der Waals surface area contributed by atoms with Crippen molar-refractivity contribution in [2.45, 2.75) is 32.8 Å². The van der Waals surface area contributed by atoms with Crippen LogP contribution in [-0.4, -0.2) is 31.8 Å². The van der Waals surface area contributed by atoms with Crippen molar-refractivity contribution in [2.75, 3.05) is 19.8 Å². The Balaban J connectivity index is 2.57. The van der Waals surface area contributed by atoms with E-state index in [0.717, 1.165) is 0 Å². The molecule has 0 N–H and O–H groups in total. The summed E-state index contributed by atoms with van der Waals surface area (Å²) < 4.78 is 28.2. The molecule has 0 bridgehead atoms. The molecule has 0 radical (unpaired) electrons. The van der Waals surface area contributed by atoms with Crippen molar-refractivity contribution in [2.24, 2.45) is 0 Å². The summed E-state index contributed by atoms with van der Waals surface area (Å²) in [7, 11) is 0. The maximum Gasteiger partial charge on any atom is 0.339 e. The van der Waals surface area contributed by atoms with Crippen LogP contribution in [0.5, 0.6) is 0 Å². The first-order valence-corrected chi connectivity index (χ1v) is 7.27. The predicted octanol–water partition coefficient (Wildman–Crippen LogP) is 2.79. The average molecular weight is 312 g/mol. The molecule has 0 fully saturated rings. The fourth-order valence-corrected chi connectivity index (χ4v) is 1.81. The molecule has 0 aliphatic rings. The molecule has 122 valence electrons. The highest BCUT2D eigenvalue weighted by atomic mass is 19.1. The van der Waals surface area contributed by atoms with Gasteiger partial charge in [0.25, 0.3) is 0 Å². The Morgan fingerprint density at radius 1 is 1.09 bits per heavy atom. The maximum absolute atomic E-state index is 13.0. The largest absolute Gasteiger partial charge is 0.466 e. The Hall–Kier alpha value is -1.95. The number of carbonyl (C=O) groups excluding carboxylic acids is 2. The van der Waals surface area contributed by atoms with Crippen LogP contribution in [0, 0.1) is 5.82 Å². The van der Waals surface area contributed by atoms with Gasteiger partial charge in [0.15, 0.2) is 6.10 Å². The predicted molar refractivity (Wildman–Crippen MR) is 77.6 cm³/mol. The van der Waals surface area contributed by atoms with Gasteiger partial charge in [-0.1, -0.05) is 12.1 Å². The molecule has 0 aliphatic carbocycles. The second-order valence-electron chi connectivity index (χ2n) is 4.46. The zero-order valence-corrected chi connectivity index (χ0v) is 12.8. The van der Waals surface area contributed by atoms with Gasteiger partial charge in [0, 0.05) is 13.0 Å². The average Bonchev–Trinajstić information content (AvgIpc) is 2.49. The molecule has 0 heterocycles. The van der Waals surface area contributed by atoms with Crippen molar-refractivity contribution in [3.63, 3.8) is 0 Å². The molecule has 0 saturated carbocycles. The fraction of sp³-hybridized carbons (Fsp3) is 0.500. The van der Waals surface area contributed by atoms with Gasteiger partial charge in [-0.2, -0.15) is 0 Å². The van der Waals surface area contributed by atoms with E-state index in [0.29, 0.717) is 18.6 Å². The van der Waals surface area contributed by atoms with Crippen molar-refractivity contribution in [1.29, 1.82) is 0 Å². The third-order valence-electron chi connectivity index (χ3n) is 2.79. The lowest BCUT2D eigenvalue weighted by Crippen LogP contribution is -2.20. The van der Waals surface area contributed by atoms with Gasteiger partial charge in [0.05, 0.1) is 13.2 Å². The Labute approximate surface area is 129 Å². The van der Waals surface area contributed by atoms with E-state index >= 15 is 0 Å². The summed E-state index contributed by atoms with van der Waals surface area (Å²) in [6, 6.07) is 5.46. The number of carbonyl (C=O) groups is 2. The molecule has 1 atom stereocenters. The third kappa shape index (κ3) is 6.22. The first-order valence-electron chi connectivity index (χ1n) is 7.27. The van der Waals surface area contributed by atoms with Gasteiger partial charge >= 0.3 is 11.9 Å². The summed E-state index contributed by atoms with van der Waals surface area (Å²) in [5.41, 5.74) is 0.510. The summed E-state index contributed by atoms with van der Waals surface area (Å²) in [6.07, 6.45) is -0.286. The minimum atomic E-state index is -0.928. The topological polar surface area (TPSA) is 61.8 Å². The number of benzene rings is 1. The molecule has 0 aliphatic heterocycles. The standard InChI is InChI=1S/C16H21FO5/c1-3-20-14(18)6-5-11-22-15(16(19)21-4-2)12-7-9-13(17)10-8-12/h7-10,15H,3-6,11H2,1-2H3. The zero-order chi connectivity index (χ0) is 16.4. The van der Waals surface area contributed by atoms with Gasteiger partial charge < -0.3 is 14.2 Å². The Bertz CT molecular complexity index is 472. The number of halogens is 1. The Morgan fingerprint density at radius 2 is 1.73 bits per heavy atom. The van der Waals surface area contributed by atoms with E-state index in [9.17, 15) is 14.0 Å². The van der Waals surface area contributed by atoms with Gasteiger partial charge in [0.1, 0.15) is 5.82 Å². The number of hydrogen-bond acceptors (Lipinski definition) is 5. The van der Waals surface area contributed by atoms with Crippen LogP contribution >= 0.6 is 0 Å². The van der Waals surface area contributed by atoms with Crippen LogP contribution in [0.15, 0.2) is 24.3 Å². The highest BCUT2D eigenvalue weighted by Crippen LogP contribution is 2.20. The minimum Gasteiger partial charge on any atom is -0.466 e.